The lowest BCUT2D eigenvalue weighted by Crippen LogP contribution is -2.48. The van der Waals surface area contributed by atoms with Gasteiger partial charge in [-0.05, 0) is 54.6 Å². The molecule has 5 nitrogen and oxygen atoms in total. The molecule has 0 saturated carbocycles. The Morgan fingerprint density at radius 1 is 0.897 bits per heavy atom. The first-order valence-corrected chi connectivity index (χ1v) is 9.37. The second-order valence-electron chi connectivity index (χ2n) is 6.82. The summed E-state index contributed by atoms with van der Waals surface area (Å²) in [5.74, 6) is -0.205. The predicted molar refractivity (Wildman–Crippen MR) is 108 cm³/mol. The van der Waals surface area contributed by atoms with Crippen LogP contribution in [-0.4, -0.2) is 42.0 Å². The summed E-state index contributed by atoms with van der Waals surface area (Å²) in [6, 6.07) is 15.8. The summed E-state index contributed by atoms with van der Waals surface area (Å²) in [5.41, 5.74) is 2.04. The van der Waals surface area contributed by atoms with Crippen LogP contribution in [0, 0.1) is 11.6 Å². The molecule has 0 aliphatic carbocycles. The van der Waals surface area contributed by atoms with Crippen LogP contribution in [0.1, 0.15) is 10.4 Å². The number of hydrogen-bond donors (Lipinski definition) is 1. The minimum absolute atomic E-state index is 0.0755. The number of halogens is 2. The molecule has 7 heteroatoms. The van der Waals surface area contributed by atoms with Gasteiger partial charge in [-0.3, -0.25) is 4.79 Å². The highest BCUT2D eigenvalue weighted by Gasteiger charge is 2.22. The molecule has 148 valence electrons. The van der Waals surface area contributed by atoms with Gasteiger partial charge < -0.3 is 15.1 Å². The molecule has 3 aromatic rings. The maximum Gasteiger partial charge on any atom is 0.254 e. The molecule has 0 bridgehead atoms. The quantitative estimate of drug-likeness (QED) is 0.725. The Balaban J connectivity index is 1.40. The van der Waals surface area contributed by atoms with E-state index in [9.17, 15) is 13.6 Å². The van der Waals surface area contributed by atoms with Gasteiger partial charge in [0.1, 0.15) is 17.5 Å². The molecule has 2 aromatic carbocycles. The van der Waals surface area contributed by atoms with Crippen molar-refractivity contribution in [3.63, 3.8) is 0 Å². The Morgan fingerprint density at radius 3 is 2.38 bits per heavy atom. The first-order chi connectivity index (χ1) is 14.1. The van der Waals surface area contributed by atoms with Crippen LogP contribution < -0.4 is 10.2 Å². The third-order valence-corrected chi connectivity index (χ3v) is 4.86. The summed E-state index contributed by atoms with van der Waals surface area (Å²) in [5, 5.41) is 3.02. The number of carbonyl (C=O) groups excluding carboxylic acids is 1. The molecule has 1 saturated heterocycles. The van der Waals surface area contributed by atoms with E-state index in [0.717, 1.165) is 5.69 Å². The fourth-order valence-corrected chi connectivity index (χ4v) is 3.35. The van der Waals surface area contributed by atoms with E-state index in [1.165, 1.54) is 24.3 Å². The van der Waals surface area contributed by atoms with E-state index in [0.29, 0.717) is 43.2 Å². The Morgan fingerprint density at radius 2 is 1.66 bits per heavy atom. The second kappa shape index (κ2) is 8.26. The van der Waals surface area contributed by atoms with E-state index in [4.69, 9.17) is 0 Å². The summed E-state index contributed by atoms with van der Waals surface area (Å²) in [6.45, 7) is 2.50. The number of aromatic nitrogens is 1. The summed E-state index contributed by atoms with van der Waals surface area (Å²) >= 11 is 0. The molecule has 1 N–H and O–H groups in total. The fraction of sp³-hybridized carbons (Fsp3) is 0.182. The number of amides is 1. The third kappa shape index (κ3) is 4.51. The van der Waals surface area contributed by atoms with Crippen LogP contribution >= 0.6 is 0 Å². The molecular weight excluding hydrogens is 374 g/mol. The number of pyridine rings is 1. The average molecular weight is 394 g/mol. The Bertz CT molecular complexity index is 1000. The smallest absolute Gasteiger partial charge is 0.254 e. The van der Waals surface area contributed by atoms with Gasteiger partial charge in [-0.15, -0.1) is 0 Å². The van der Waals surface area contributed by atoms with Crippen LogP contribution in [-0.2, 0) is 0 Å². The van der Waals surface area contributed by atoms with Crippen LogP contribution in [0.4, 0.5) is 26.0 Å². The van der Waals surface area contributed by atoms with Gasteiger partial charge in [-0.2, -0.15) is 0 Å². The fourth-order valence-electron chi connectivity index (χ4n) is 3.35. The van der Waals surface area contributed by atoms with Crippen molar-refractivity contribution in [2.24, 2.45) is 0 Å². The van der Waals surface area contributed by atoms with Crippen molar-refractivity contribution < 1.29 is 13.6 Å². The predicted octanol–water partition coefficient (Wildman–Crippen LogP) is 4.07. The number of nitrogens with one attached hydrogen (secondary N) is 1. The van der Waals surface area contributed by atoms with Crippen molar-refractivity contribution in [2.45, 2.75) is 0 Å². The number of benzene rings is 2. The van der Waals surface area contributed by atoms with E-state index in [1.807, 2.05) is 0 Å². The minimum atomic E-state index is -0.346. The van der Waals surface area contributed by atoms with Crippen molar-refractivity contribution >= 4 is 23.1 Å². The number of piperazine rings is 1. The molecule has 1 aliphatic rings. The van der Waals surface area contributed by atoms with Gasteiger partial charge >= 0.3 is 0 Å². The highest BCUT2D eigenvalue weighted by molar-refractivity contribution is 5.95. The van der Waals surface area contributed by atoms with E-state index in [2.05, 4.69) is 15.2 Å². The molecule has 29 heavy (non-hydrogen) atoms. The van der Waals surface area contributed by atoms with E-state index >= 15 is 0 Å². The van der Waals surface area contributed by atoms with E-state index < -0.39 is 0 Å². The molecule has 0 unspecified atom stereocenters. The zero-order chi connectivity index (χ0) is 20.2. The lowest BCUT2D eigenvalue weighted by Gasteiger charge is -2.36. The monoisotopic (exact) mass is 394 g/mol. The SMILES string of the molecule is O=C(c1ccnc(Nc2cccc(F)c2)c1)N1CCN(c2ccc(F)cc2)CC1. The molecule has 0 radical (unpaired) electrons. The van der Waals surface area contributed by atoms with Crippen molar-refractivity contribution in [3.8, 4) is 0 Å². The number of rotatable bonds is 4. The number of carbonyl (C=O) groups is 1. The average Bonchev–Trinajstić information content (AvgIpc) is 2.74. The van der Waals surface area contributed by atoms with Gasteiger partial charge in [0.05, 0.1) is 0 Å². The zero-order valence-corrected chi connectivity index (χ0v) is 15.7. The molecule has 4 rings (SSSR count). The van der Waals surface area contributed by atoms with Crippen LogP contribution in [0.2, 0.25) is 0 Å². The van der Waals surface area contributed by atoms with Crippen molar-refractivity contribution in [1.82, 2.24) is 9.88 Å². The third-order valence-electron chi connectivity index (χ3n) is 4.86. The highest BCUT2D eigenvalue weighted by Crippen LogP contribution is 2.20. The molecule has 0 atom stereocenters. The summed E-state index contributed by atoms with van der Waals surface area (Å²) < 4.78 is 26.4. The first kappa shape index (κ1) is 18.9. The normalized spacial score (nSPS) is 14.0. The molecular formula is C22H20F2N4O. The van der Waals surface area contributed by atoms with Crippen molar-refractivity contribution in [2.75, 3.05) is 36.4 Å². The summed E-state index contributed by atoms with van der Waals surface area (Å²) in [4.78, 5) is 21.0. The van der Waals surface area contributed by atoms with Crippen LogP contribution in [0.3, 0.4) is 0 Å². The van der Waals surface area contributed by atoms with E-state index in [-0.39, 0.29) is 17.5 Å². The highest BCUT2D eigenvalue weighted by atomic mass is 19.1. The van der Waals surface area contributed by atoms with Crippen LogP contribution in [0.15, 0.2) is 66.9 Å². The number of anilines is 3. The second-order valence-corrected chi connectivity index (χ2v) is 6.82. The molecule has 1 amide bonds. The zero-order valence-electron chi connectivity index (χ0n) is 15.7. The maximum absolute atomic E-state index is 13.4. The summed E-state index contributed by atoms with van der Waals surface area (Å²) in [6.07, 6.45) is 1.56. The number of hydrogen-bond acceptors (Lipinski definition) is 4. The Kier molecular flexibility index (Phi) is 5.37. The molecule has 2 heterocycles. The standard InChI is InChI=1S/C22H20F2N4O/c23-17-4-6-20(7-5-17)27-10-12-28(13-11-27)22(29)16-8-9-25-21(14-16)26-19-3-1-2-18(24)15-19/h1-9,14-15H,10-13H2,(H,25,26). The van der Waals surface area contributed by atoms with Crippen LogP contribution in [0.25, 0.3) is 0 Å². The van der Waals surface area contributed by atoms with Gasteiger partial charge in [-0.1, -0.05) is 6.07 Å². The summed E-state index contributed by atoms with van der Waals surface area (Å²) in [7, 11) is 0. The Hall–Kier alpha value is -3.48. The lowest BCUT2D eigenvalue weighted by atomic mass is 10.2. The van der Waals surface area contributed by atoms with Gasteiger partial charge in [0, 0.05) is 49.3 Å². The molecule has 0 spiro atoms. The minimum Gasteiger partial charge on any atom is -0.368 e. The van der Waals surface area contributed by atoms with Crippen molar-refractivity contribution in [1.29, 1.82) is 0 Å². The van der Waals surface area contributed by atoms with Gasteiger partial charge in [0.25, 0.3) is 5.91 Å². The topological polar surface area (TPSA) is 48.5 Å². The Labute approximate surface area is 167 Å². The van der Waals surface area contributed by atoms with Crippen molar-refractivity contribution in [3.05, 3.63) is 84.1 Å². The van der Waals surface area contributed by atoms with Crippen LogP contribution in [0.5, 0.6) is 0 Å². The van der Waals surface area contributed by atoms with Gasteiger partial charge in [0.15, 0.2) is 0 Å². The van der Waals surface area contributed by atoms with Gasteiger partial charge in [-0.25, -0.2) is 13.8 Å². The van der Waals surface area contributed by atoms with E-state index in [1.54, 1.807) is 47.5 Å². The van der Waals surface area contributed by atoms with Gasteiger partial charge in [0.2, 0.25) is 0 Å². The number of nitrogens with zero attached hydrogens (tertiary/aromatic N) is 3. The largest absolute Gasteiger partial charge is 0.368 e. The first-order valence-electron chi connectivity index (χ1n) is 9.37. The lowest BCUT2D eigenvalue weighted by molar-refractivity contribution is 0.0746. The molecule has 1 aromatic heterocycles. The molecule has 1 aliphatic heterocycles. The maximum atomic E-state index is 13.4. The molecule has 1 fully saturated rings.